The van der Waals surface area contributed by atoms with Crippen molar-refractivity contribution >= 4 is 28.4 Å². The van der Waals surface area contributed by atoms with Crippen LogP contribution in [0.25, 0.3) is 0 Å². The lowest BCUT2D eigenvalue weighted by Crippen LogP contribution is -2.37. The number of morpholine rings is 1. The van der Waals surface area contributed by atoms with Crippen LogP contribution in [0.5, 0.6) is 0 Å². The van der Waals surface area contributed by atoms with Crippen LogP contribution in [0.4, 0.5) is 5.82 Å². The highest BCUT2D eigenvalue weighted by atomic mass is 127. The summed E-state index contributed by atoms with van der Waals surface area (Å²) in [4.78, 5) is 11.0. The van der Waals surface area contributed by atoms with Gasteiger partial charge in [0.2, 0.25) is 0 Å². The zero-order valence-corrected chi connectivity index (χ0v) is 12.6. The number of anilines is 1. The third-order valence-corrected chi connectivity index (χ3v) is 3.57. The number of nitrogens with zero attached hydrogens (tertiary/aromatic N) is 3. The second-order valence-electron chi connectivity index (χ2n) is 4.23. The highest BCUT2D eigenvalue weighted by Crippen LogP contribution is 2.05. The molecule has 0 aliphatic carbocycles. The van der Waals surface area contributed by atoms with Crippen molar-refractivity contribution in [1.82, 2.24) is 14.9 Å². The van der Waals surface area contributed by atoms with Crippen molar-refractivity contribution in [3.05, 3.63) is 18.1 Å². The van der Waals surface area contributed by atoms with Crippen LogP contribution in [0.2, 0.25) is 0 Å². The molecule has 6 heteroatoms. The Balaban J connectivity index is 1.65. The minimum atomic E-state index is 0.848. The number of rotatable bonds is 6. The number of nitrogens with one attached hydrogen (secondary N) is 1. The van der Waals surface area contributed by atoms with Gasteiger partial charge in [-0.15, -0.1) is 0 Å². The molecule has 5 nitrogen and oxygen atoms in total. The fourth-order valence-electron chi connectivity index (χ4n) is 1.91. The Morgan fingerprint density at radius 1 is 1.39 bits per heavy atom. The van der Waals surface area contributed by atoms with Gasteiger partial charge in [-0.1, -0.05) is 22.6 Å². The van der Waals surface area contributed by atoms with Gasteiger partial charge in [-0.3, -0.25) is 4.90 Å². The van der Waals surface area contributed by atoms with E-state index in [1.807, 2.05) is 12.3 Å². The van der Waals surface area contributed by atoms with E-state index in [-0.39, 0.29) is 0 Å². The lowest BCUT2D eigenvalue weighted by atomic mass is 10.3. The summed E-state index contributed by atoms with van der Waals surface area (Å²) in [6.45, 7) is 5.95. The van der Waals surface area contributed by atoms with E-state index in [1.54, 1.807) is 0 Å². The van der Waals surface area contributed by atoms with E-state index in [0.29, 0.717) is 0 Å². The van der Waals surface area contributed by atoms with Gasteiger partial charge in [0.25, 0.3) is 0 Å². The Morgan fingerprint density at radius 3 is 3.00 bits per heavy atom. The van der Waals surface area contributed by atoms with Crippen LogP contribution in [-0.2, 0) is 9.16 Å². The van der Waals surface area contributed by atoms with Crippen molar-refractivity contribution < 1.29 is 4.74 Å². The van der Waals surface area contributed by atoms with Gasteiger partial charge in [0.15, 0.2) is 0 Å². The minimum absolute atomic E-state index is 0.848. The van der Waals surface area contributed by atoms with Gasteiger partial charge in [0, 0.05) is 25.8 Å². The Morgan fingerprint density at radius 2 is 2.22 bits per heavy atom. The minimum Gasteiger partial charge on any atom is -0.379 e. The van der Waals surface area contributed by atoms with Crippen molar-refractivity contribution in [3.63, 3.8) is 0 Å². The van der Waals surface area contributed by atoms with Gasteiger partial charge in [0.1, 0.15) is 11.6 Å². The molecule has 0 atom stereocenters. The molecule has 0 bridgehead atoms. The fourth-order valence-corrected chi connectivity index (χ4v) is 2.27. The summed E-state index contributed by atoms with van der Waals surface area (Å²) in [6, 6.07) is 1.92. The Hall–Kier alpha value is -0.470. The van der Waals surface area contributed by atoms with Gasteiger partial charge in [-0.05, 0) is 19.0 Å². The SMILES string of the molecule is ICc1nccc(NCCCN2CCOCC2)n1. The third-order valence-electron chi connectivity index (χ3n) is 2.89. The molecule has 1 saturated heterocycles. The van der Waals surface area contributed by atoms with Crippen LogP contribution in [0.3, 0.4) is 0 Å². The molecule has 1 fully saturated rings. The average molecular weight is 362 g/mol. The molecule has 1 aliphatic heterocycles. The van der Waals surface area contributed by atoms with Crippen LogP contribution in [0, 0.1) is 0 Å². The molecule has 0 spiro atoms. The summed E-state index contributed by atoms with van der Waals surface area (Å²) in [5, 5.41) is 3.35. The predicted molar refractivity (Wildman–Crippen MR) is 80.1 cm³/mol. The first-order valence-corrected chi connectivity index (χ1v) is 7.83. The predicted octanol–water partition coefficient (Wildman–Crippen LogP) is 1.55. The van der Waals surface area contributed by atoms with Gasteiger partial charge in [0.05, 0.1) is 17.6 Å². The van der Waals surface area contributed by atoms with E-state index in [2.05, 4.69) is 42.8 Å². The van der Waals surface area contributed by atoms with Gasteiger partial charge in [-0.25, -0.2) is 9.97 Å². The van der Waals surface area contributed by atoms with Crippen molar-refractivity contribution in [2.24, 2.45) is 0 Å². The smallest absolute Gasteiger partial charge is 0.140 e. The summed E-state index contributed by atoms with van der Waals surface area (Å²) in [7, 11) is 0. The Labute approximate surface area is 121 Å². The number of hydrogen-bond donors (Lipinski definition) is 1. The van der Waals surface area contributed by atoms with Crippen LogP contribution >= 0.6 is 22.6 Å². The van der Waals surface area contributed by atoms with Crippen LogP contribution < -0.4 is 5.32 Å². The molecule has 1 aromatic rings. The topological polar surface area (TPSA) is 50.3 Å². The number of aromatic nitrogens is 2. The van der Waals surface area contributed by atoms with E-state index >= 15 is 0 Å². The first-order valence-electron chi connectivity index (χ1n) is 6.30. The van der Waals surface area contributed by atoms with E-state index in [4.69, 9.17) is 4.74 Å². The molecule has 1 aliphatic rings. The summed E-state index contributed by atoms with van der Waals surface area (Å²) >= 11 is 2.27. The standard InChI is InChI=1S/C12H19IN4O/c13-10-12-15-4-2-11(16-12)14-3-1-5-17-6-8-18-9-7-17/h2,4H,1,3,5-10H2,(H,14,15,16). The number of hydrogen-bond acceptors (Lipinski definition) is 5. The zero-order chi connectivity index (χ0) is 12.6. The molecule has 2 heterocycles. The van der Waals surface area contributed by atoms with Crippen molar-refractivity contribution in [2.75, 3.05) is 44.7 Å². The summed E-state index contributed by atoms with van der Waals surface area (Å²) < 4.78 is 6.17. The second kappa shape index (κ2) is 7.85. The van der Waals surface area contributed by atoms with Gasteiger partial charge < -0.3 is 10.1 Å². The molecule has 0 unspecified atom stereocenters. The first-order chi connectivity index (χ1) is 8.88. The lowest BCUT2D eigenvalue weighted by molar-refractivity contribution is 0.0378. The van der Waals surface area contributed by atoms with E-state index in [9.17, 15) is 0 Å². The van der Waals surface area contributed by atoms with Crippen LogP contribution in [-0.4, -0.2) is 54.3 Å². The molecule has 2 rings (SSSR count). The molecule has 0 aromatic carbocycles. The summed E-state index contributed by atoms with van der Waals surface area (Å²) in [5.74, 6) is 1.81. The molecule has 1 aromatic heterocycles. The quantitative estimate of drug-likeness (QED) is 0.473. The Kier molecular flexibility index (Phi) is 6.09. The molecule has 100 valence electrons. The van der Waals surface area contributed by atoms with E-state index in [0.717, 1.165) is 61.9 Å². The summed E-state index contributed by atoms with van der Waals surface area (Å²) in [5.41, 5.74) is 0. The normalized spacial score (nSPS) is 16.7. The van der Waals surface area contributed by atoms with E-state index < -0.39 is 0 Å². The lowest BCUT2D eigenvalue weighted by Gasteiger charge is -2.26. The molecule has 0 saturated carbocycles. The zero-order valence-electron chi connectivity index (χ0n) is 10.4. The largest absolute Gasteiger partial charge is 0.379 e. The second-order valence-corrected chi connectivity index (χ2v) is 4.99. The van der Waals surface area contributed by atoms with Gasteiger partial charge in [-0.2, -0.15) is 0 Å². The maximum Gasteiger partial charge on any atom is 0.140 e. The highest BCUT2D eigenvalue weighted by Gasteiger charge is 2.08. The van der Waals surface area contributed by atoms with Crippen LogP contribution in [0.15, 0.2) is 12.3 Å². The fraction of sp³-hybridized carbons (Fsp3) is 0.667. The molecule has 18 heavy (non-hydrogen) atoms. The van der Waals surface area contributed by atoms with Crippen molar-refractivity contribution in [1.29, 1.82) is 0 Å². The molecule has 1 N–H and O–H groups in total. The molecular weight excluding hydrogens is 343 g/mol. The van der Waals surface area contributed by atoms with Crippen molar-refractivity contribution in [3.8, 4) is 0 Å². The summed E-state index contributed by atoms with van der Waals surface area (Å²) in [6.07, 6.45) is 2.94. The average Bonchev–Trinajstić information content (AvgIpc) is 2.45. The number of ether oxygens (including phenoxy) is 1. The van der Waals surface area contributed by atoms with E-state index in [1.165, 1.54) is 0 Å². The van der Waals surface area contributed by atoms with Gasteiger partial charge >= 0.3 is 0 Å². The number of alkyl halides is 1. The monoisotopic (exact) mass is 362 g/mol. The third kappa shape index (κ3) is 4.66. The molecule has 0 amide bonds. The highest BCUT2D eigenvalue weighted by molar-refractivity contribution is 14.1. The number of halogens is 1. The van der Waals surface area contributed by atoms with Crippen molar-refractivity contribution in [2.45, 2.75) is 10.8 Å². The maximum atomic E-state index is 5.33. The molecular formula is C12H19IN4O. The molecule has 0 radical (unpaired) electrons. The Bertz CT molecular complexity index is 358. The first kappa shape index (κ1) is 14.0. The van der Waals surface area contributed by atoms with Crippen LogP contribution in [0.1, 0.15) is 12.2 Å². The maximum absolute atomic E-state index is 5.33.